The van der Waals surface area contributed by atoms with Gasteiger partial charge in [0, 0.05) is 11.3 Å². The van der Waals surface area contributed by atoms with Gasteiger partial charge in [0.05, 0.1) is 8.07 Å². The molecule has 0 aromatic carbocycles. The largest absolute Gasteiger partial charge is 0.216 e. The molecular formula is C11H16BrF2NSi. The molecule has 0 atom stereocenters. The van der Waals surface area contributed by atoms with Crippen LogP contribution in [0.25, 0.3) is 0 Å². The van der Waals surface area contributed by atoms with Gasteiger partial charge in [-0.1, -0.05) is 38.9 Å². The highest BCUT2D eigenvalue weighted by Gasteiger charge is 2.35. The van der Waals surface area contributed by atoms with E-state index in [1.54, 1.807) is 0 Å². The highest BCUT2D eigenvalue weighted by atomic mass is 79.9. The highest BCUT2D eigenvalue weighted by molar-refractivity contribution is 9.10. The Balaban J connectivity index is 3.40. The summed E-state index contributed by atoms with van der Waals surface area (Å²) < 4.78 is 27.9. The molecule has 0 bridgehead atoms. The van der Waals surface area contributed by atoms with Gasteiger partial charge in [0.25, 0.3) is 0 Å². The smallest absolute Gasteiger partial charge is 0.213 e. The molecule has 1 rings (SSSR count). The van der Waals surface area contributed by atoms with Crippen molar-refractivity contribution in [1.82, 2.24) is 4.98 Å². The van der Waals surface area contributed by atoms with Gasteiger partial charge in [0.1, 0.15) is 10.4 Å². The van der Waals surface area contributed by atoms with E-state index < -0.39 is 19.8 Å². The average molecular weight is 308 g/mol. The summed E-state index contributed by atoms with van der Waals surface area (Å²) in [5.41, 5.74) is 0. The Kier molecular flexibility index (Phi) is 4.61. The molecule has 0 saturated carbocycles. The first-order valence-electron chi connectivity index (χ1n) is 5.52. The third-order valence-corrected chi connectivity index (χ3v) is 9.43. The van der Waals surface area contributed by atoms with Crippen LogP contribution >= 0.6 is 15.9 Å². The van der Waals surface area contributed by atoms with Crippen LogP contribution in [0.5, 0.6) is 0 Å². The predicted molar refractivity (Wildman–Crippen MR) is 68.7 cm³/mol. The standard InChI is InChI=1S/C11H16BrF2NSi/c1-4-16(5-2,6-3)10-8(13)7-9(12)15-11(10)14/h7H,4-6H2,1-3H3. The van der Waals surface area contributed by atoms with E-state index in [2.05, 4.69) is 20.9 Å². The summed E-state index contributed by atoms with van der Waals surface area (Å²) in [4.78, 5) is 3.69. The van der Waals surface area contributed by atoms with E-state index in [1.807, 2.05) is 20.8 Å². The second-order valence-corrected chi connectivity index (χ2v) is 9.93. The molecule has 0 radical (unpaired) electrons. The van der Waals surface area contributed by atoms with Crippen molar-refractivity contribution in [2.45, 2.75) is 38.9 Å². The van der Waals surface area contributed by atoms with Crippen molar-refractivity contribution >= 4 is 29.2 Å². The molecule has 1 aromatic rings. The van der Waals surface area contributed by atoms with Gasteiger partial charge < -0.3 is 0 Å². The monoisotopic (exact) mass is 307 g/mol. The van der Waals surface area contributed by atoms with Crippen LogP contribution in [0.4, 0.5) is 8.78 Å². The van der Waals surface area contributed by atoms with Gasteiger partial charge in [-0.2, -0.15) is 4.39 Å². The van der Waals surface area contributed by atoms with Gasteiger partial charge >= 0.3 is 0 Å². The van der Waals surface area contributed by atoms with E-state index >= 15 is 0 Å². The minimum atomic E-state index is -2.04. The Bertz CT molecular complexity index is 349. The molecule has 0 fully saturated rings. The first-order valence-corrected chi connectivity index (χ1v) is 8.94. The molecule has 5 heteroatoms. The fourth-order valence-corrected chi connectivity index (χ4v) is 6.20. The van der Waals surface area contributed by atoms with Crippen molar-refractivity contribution in [2.24, 2.45) is 0 Å². The minimum absolute atomic E-state index is 0.220. The second-order valence-electron chi connectivity index (χ2n) is 3.93. The molecule has 1 aromatic heterocycles. The summed E-state index contributed by atoms with van der Waals surface area (Å²) >= 11 is 3.00. The van der Waals surface area contributed by atoms with Crippen molar-refractivity contribution in [3.05, 3.63) is 22.4 Å². The zero-order valence-corrected chi connectivity index (χ0v) is 12.4. The van der Waals surface area contributed by atoms with Gasteiger partial charge in [-0.15, -0.1) is 0 Å². The van der Waals surface area contributed by atoms with Crippen molar-refractivity contribution in [3.63, 3.8) is 0 Å². The lowest BCUT2D eigenvalue weighted by atomic mass is 10.5. The number of pyridine rings is 1. The van der Waals surface area contributed by atoms with E-state index in [9.17, 15) is 8.78 Å². The van der Waals surface area contributed by atoms with Crippen LogP contribution in [-0.2, 0) is 0 Å². The van der Waals surface area contributed by atoms with Crippen LogP contribution in [0.1, 0.15) is 20.8 Å². The normalized spacial score (nSPS) is 11.9. The maximum Gasteiger partial charge on any atom is 0.216 e. The highest BCUT2D eigenvalue weighted by Crippen LogP contribution is 2.23. The quantitative estimate of drug-likeness (QED) is 0.608. The summed E-state index contributed by atoms with van der Waals surface area (Å²) in [5, 5.41) is 0.267. The van der Waals surface area contributed by atoms with Gasteiger partial charge in [-0.05, 0) is 15.9 Å². The van der Waals surface area contributed by atoms with Crippen LogP contribution in [-0.4, -0.2) is 13.1 Å². The number of aromatic nitrogens is 1. The average Bonchev–Trinajstić information content (AvgIpc) is 2.23. The van der Waals surface area contributed by atoms with E-state index in [4.69, 9.17) is 0 Å². The van der Waals surface area contributed by atoms with Crippen LogP contribution in [0.2, 0.25) is 18.1 Å². The third-order valence-electron chi connectivity index (χ3n) is 3.46. The summed E-state index contributed by atoms with van der Waals surface area (Å²) in [6.07, 6.45) is 0. The lowest BCUT2D eigenvalue weighted by Crippen LogP contribution is -2.49. The molecular weight excluding hydrogens is 292 g/mol. The Morgan fingerprint density at radius 2 is 1.69 bits per heavy atom. The molecule has 1 nitrogen and oxygen atoms in total. The van der Waals surface area contributed by atoms with Crippen LogP contribution in [0.15, 0.2) is 10.7 Å². The van der Waals surface area contributed by atoms with Gasteiger partial charge in [0.2, 0.25) is 5.95 Å². The van der Waals surface area contributed by atoms with Crippen molar-refractivity contribution in [2.75, 3.05) is 0 Å². The van der Waals surface area contributed by atoms with E-state index in [0.29, 0.717) is 0 Å². The van der Waals surface area contributed by atoms with E-state index in [-0.39, 0.29) is 9.79 Å². The minimum Gasteiger partial charge on any atom is -0.213 e. The van der Waals surface area contributed by atoms with E-state index in [0.717, 1.165) is 18.1 Å². The zero-order valence-electron chi connectivity index (χ0n) is 9.78. The number of hydrogen-bond donors (Lipinski definition) is 0. The summed E-state index contributed by atoms with van der Waals surface area (Å²) in [6, 6.07) is 3.80. The van der Waals surface area contributed by atoms with Crippen LogP contribution in [0, 0.1) is 11.8 Å². The Morgan fingerprint density at radius 1 is 1.19 bits per heavy atom. The molecule has 16 heavy (non-hydrogen) atoms. The van der Waals surface area contributed by atoms with Crippen molar-refractivity contribution < 1.29 is 8.78 Å². The Labute approximate surface area is 104 Å². The molecule has 0 saturated heterocycles. The molecule has 0 spiro atoms. The number of halogens is 3. The first-order chi connectivity index (χ1) is 7.50. The Morgan fingerprint density at radius 3 is 2.06 bits per heavy atom. The molecule has 0 aliphatic carbocycles. The second kappa shape index (κ2) is 5.36. The summed E-state index contributed by atoms with van der Waals surface area (Å²) in [5.74, 6) is -1.08. The molecule has 0 unspecified atom stereocenters. The van der Waals surface area contributed by atoms with Crippen molar-refractivity contribution in [1.29, 1.82) is 0 Å². The van der Waals surface area contributed by atoms with Gasteiger partial charge in [0.15, 0.2) is 0 Å². The molecule has 90 valence electrons. The maximum absolute atomic E-state index is 13.9. The summed E-state index contributed by atoms with van der Waals surface area (Å²) in [7, 11) is -2.04. The number of nitrogens with zero attached hydrogens (tertiary/aromatic N) is 1. The van der Waals surface area contributed by atoms with Crippen LogP contribution in [0.3, 0.4) is 0 Å². The molecule has 1 heterocycles. The number of hydrogen-bond acceptors (Lipinski definition) is 1. The molecule has 0 amide bonds. The fraction of sp³-hybridized carbons (Fsp3) is 0.545. The van der Waals surface area contributed by atoms with E-state index in [1.165, 1.54) is 6.07 Å². The zero-order chi connectivity index (χ0) is 12.3. The van der Waals surface area contributed by atoms with Crippen molar-refractivity contribution in [3.8, 4) is 0 Å². The summed E-state index contributed by atoms with van der Waals surface area (Å²) in [6.45, 7) is 6.04. The lowest BCUT2D eigenvalue weighted by molar-refractivity contribution is 0.560. The predicted octanol–water partition coefficient (Wildman–Crippen LogP) is 3.84. The third kappa shape index (κ3) is 2.35. The maximum atomic E-state index is 13.9. The van der Waals surface area contributed by atoms with Gasteiger partial charge in [-0.3, -0.25) is 0 Å². The number of rotatable bonds is 4. The molecule has 0 aliphatic heterocycles. The fourth-order valence-electron chi connectivity index (χ4n) is 2.21. The Hall–Kier alpha value is -0.293. The molecule has 0 N–H and O–H groups in total. The van der Waals surface area contributed by atoms with Gasteiger partial charge in [-0.25, -0.2) is 9.37 Å². The van der Waals surface area contributed by atoms with Crippen LogP contribution < -0.4 is 5.19 Å². The lowest BCUT2D eigenvalue weighted by Gasteiger charge is -2.28. The SMILES string of the molecule is CC[Si](CC)(CC)c1c(F)cc(Br)nc1F. The first kappa shape index (κ1) is 13.8. The molecule has 0 aliphatic rings. The topological polar surface area (TPSA) is 12.9 Å².